The van der Waals surface area contributed by atoms with Crippen LogP contribution in [0.25, 0.3) is 0 Å². The van der Waals surface area contributed by atoms with E-state index in [1.165, 1.54) is 0 Å². The molecule has 0 unspecified atom stereocenters. The molecule has 2 aliphatic rings. The number of hydrogen-bond donors (Lipinski definition) is 1. The van der Waals surface area contributed by atoms with Crippen LogP contribution in [0.2, 0.25) is 0 Å². The minimum atomic E-state index is -0.501. The average molecular weight is 354 g/mol. The monoisotopic (exact) mass is 354 g/mol. The van der Waals surface area contributed by atoms with Crippen molar-refractivity contribution in [2.75, 3.05) is 13.1 Å². The van der Waals surface area contributed by atoms with Crippen molar-refractivity contribution in [3.05, 3.63) is 0 Å². The maximum atomic E-state index is 11.8. The van der Waals surface area contributed by atoms with E-state index in [4.69, 9.17) is 4.74 Å². The largest absolute Gasteiger partial charge is 0.444 e. The SMILES string of the molecule is CCC(=O)[C@@H]1CCCN1.CCC(=O)[C@@H]1CCCN1C(=O)OC(C)(C)C. The molecule has 1 amide bonds. The Bertz CT molecular complexity index is 465. The first-order valence-electron chi connectivity index (χ1n) is 9.48. The number of carbonyl (C=O) groups is 3. The topological polar surface area (TPSA) is 75.7 Å². The van der Waals surface area contributed by atoms with Crippen LogP contribution in [-0.2, 0) is 14.3 Å². The molecule has 2 aliphatic heterocycles. The fraction of sp³-hybridized carbons (Fsp3) is 0.842. The number of hydrogen-bond acceptors (Lipinski definition) is 5. The lowest BCUT2D eigenvalue weighted by Gasteiger charge is -2.27. The Hall–Kier alpha value is -1.43. The number of carbonyl (C=O) groups excluding carboxylic acids is 3. The molecule has 2 fully saturated rings. The molecule has 1 N–H and O–H groups in total. The van der Waals surface area contributed by atoms with Crippen molar-refractivity contribution in [1.29, 1.82) is 0 Å². The highest BCUT2D eigenvalue weighted by Gasteiger charge is 2.35. The van der Waals surface area contributed by atoms with Gasteiger partial charge in [-0.05, 0) is 53.0 Å². The first-order valence-corrected chi connectivity index (χ1v) is 9.48. The Morgan fingerprint density at radius 3 is 2.16 bits per heavy atom. The van der Waals surface area contributed by atoms with E-state index in [9.17, 15) is 14.4 Å². The highest BCUT2D eigenvalue weighted by molar-refractivity contribution is 5.87. The molecular weight excluding hydrogens is 320 g/mol. The van der Waals surface area contributed by atoms with Crippen LogP contribution < -0.4 is 5.32 Å². The van der Waals surface area contributed by atoms with Crippen LogP contribution in [0.1, 0.15) is 73.1 Å². The molecule has 25 heavy (non-hydrogen) atoms. The number of Topliss-reactive ketones (excluding diaryl/α,β-unsaturated/α-hetero) is 2. The van der Waals surface area contributed by atoms with E-state index in [0.717, 1.165) is 32.2 Å². The predicted molar refractivity (Wildman–Crippen MR) is 97.6 cm³/mol. The summed E-state index contributed by atoms with van der Waals surface area (Å²) >= 11 is 0. The van der Waals surface area contributed by atoms with Gasteiger partial charge in [0.15, 0.2) is 5.78 Å². The lowest BCUT2D eigenvalue weighted by Crippen LogP contribution is -2.43. The van der Waals surface area contributed by atoms with Gasteiger partial charge in [-0.2, -0.15) is 0 Å². The predicted octanol–water partition coefficient (Wildman–Crippen LogP) is 3.08. The fourth-order valence-corrected chi connectivity index (χ4v) is 3.08. The van der Waals surface area contributed by atoms with E-state index >= 15 is 0 Å². The molecule has 6 heteroatoms. The molecule has 0 aromatic rings. The Morgan fingerprint density at radius 1 is 1.04 bits per heavy atom. The van der Waals surface area contributed by atoms with Crippen molar-refractivity contribution < 1.29 is 19.1 Å². The quantitative estimate of drug-likeness (QED) is 0.839. The summed E-state index contributed by atoms with van der Waals surface area (Å²) in [5.74, 6) is 0.496. The Labute approximate surface area is 151 Å². The average Bonchev–Trinajstić information content (AvgIpc) is 3.23. The summed E-state index contributed by atoms with van der Waals surface area (Å²) in [7, 11) is 0. The van der Waals surface area contributed by atoms with Gasteiger partial charge in [-0.3, -0.25) is 14.5 Å². The summed E-state index contributed by atoms with van der Waals surface area (Å²) < 4.78 is 5.28. The van der Waals surface area contributed by atoms with Crippen LogP contribution in [0.4, 0.5) is 4.79 Å². The van der Waals surface area contributed by atoms with E-state index in [1.807, 2.05) is 34.6 Å². The highest BCUT2D eigenvalue weighted by Crippen LogP contribution is 2.22. The first-order chi connectivity index (χ1) is 11.7. The van der Waals surface area contributed by atoms with Crippen LogP contribution in [0.5, 0.6) is 0 Å². The summed E-state index contributed by atoms with van der Waals surface area (Å²) in [5, 5.41) is 3.16. The van der Waals surface area contributed by atoms with Gasteiger partial charge in [0.2, 0.25) is 0 Å². The van der Waals surface area contributed by atoms with Crippen LogP contribution in [0.3, 0.4) is 0 Å². The zero-order chi connectivity index (χ0) is 19.0. The lowest BCUT2D eigenvalue weighted by molar-refractivity contribution is -0.123. The van der Waals surface area contributed by atoms with Gasteiger partial charge in [0.25, 0.3) is 0 Å². The summed E-state index contributed by atoms with van der Waals surface area (Å²) in [6.45, 7) is 10.9. The van der Waals surface area contributed by atoms with Gasteiger partial charge in [-0.15, -0.1) is 0 Å². The minimum Gasteiger partial charge on any atom is -0.444 e. The second kappa shape index (κ2) is 9.90. The van der Waals surface area contributed by atoms with Gasteiger partial charge < -0.3 is 10.1 Å². The summed E-state index contributed by atoms with van der Waals surface area (Å²) in [4.78, 5) is 36.0. The maximum absolute atomic E-state index is 11.8. The number of nitrogens with zero attached hydrogens (tertiary/aromatic N) is 1. The molecule has 2 saturated heterocycles. The molecule has 6 nitrogen and oxygen atoms in total. The number of likely N-dealkylation sites (tertiary alicyclic amines) is 1. The van der Waals surface area contributed by atoms with Gasteiger partial charge in [-0.1, -0.05) is 13.8 Å². The highest BCUT2D eigenvalue weighted by atomic mass is 16.6. The second-order valence-corrected chi connectivity index (χ2v) is 7.62. The lowest BCUT2D eigenvalue weighted by atomic mass is 10.1. The van der Waals surface area contributed by atoms with E-state index in [-0.39, 0.29) is 24.0 Å². The minimum absolute atomic E-state index is 0.128. The van der Waals surface area contributed by atoms with Crippen molar-refractivity contribution in [1.82, 2.24) is 10.2 Å². The molecule has 0 radical (unpaired) electrons. The third-order valence-electron chi connectivity index (χ3n) is 4.40. The van der Waals surface area contributed by atoms with Gasteiger partial charge in [0.1, 0.15) is 11.4 Å². The van der Waals surface area contributed by atoms with E-state index in [1.54, 1.807) is 4.90 Å². The van der Waals surface area contributed by atoms with E-state index in [2.05, 4.69) is 5.32 Å². The molecule has 0 bridgehead atoms. The standard InChI is InChI=1S/C12H21NO3.C7H13NO/c1-5-10(14)9-7-6-8-13(9)11(15)16-12(2,3)4;1-2-7(9)6-4-3-5-8-6/h9H,5-8H2,1-4H3;6,8H,2-5H2,1H3/t9-;6-/m00/s1. The zero-order valence-electron chi connectivity index (χ0n) is 16.4. The van der Waals surface area contributed by atoms with E-state index in [0.29, 0.717) is 25.2 Å². The molecule has 2 rings (SSSR count). The van der Waals surface area contributed by atoms with Crippen LogP contribution in [0, 0.1) is 0 Å². The van der Waals surface area contributed by atoms with E-state index < -0.39 is 5.60 Å². The van der Waals surface area contributed by atoms with Crippen molar-refractivity contribution in [2.24, 2.45) is 0 Å². The Kier molecular flexibility index (Phi) is 8.56. The van der Waals surface area contributed by atoms with Crippen LogP contribution >= 0.6 is 0 Å². The summed E-state index contributed by atoms with van der Waals surface area (Å²) in [6.07, 6.45) is 4.66. The number of amides is 1. The number of ether oxygens (including phenoxy) is 1. The molecule has 2 heterocycles. The third-order valence-corrected chi connectivity index (χ3v) is 4.40. The van der Waals surface area contributed by atoms with Crippen LogP contribution in [0.15, 0.2) is 0 Å². The summed E-state index contributed by atoms with van der Waals surface area (Å²) in [6, 6.07) is -0.0742. The second-order valence-electron chi connectivity index (χ2n) is 7.62. The molecule has 0 aliphatic carbocycles. The number of ketones is 2. The van der Waals surface area contributed by atoms with Crippen molar-refractivity contribution >= 4 is 17.7 Å². The molecule has 144 valence electrons. The molecule has 2 atom stereocenters. The fourth-order valence-electron chi connectivity index (χ4n) is 3.08. The molecule has 0 aromatic heterocycles. The first kappa shape index (κ1) is 21.6. The Balaban J connectivity index is 0.000000293. The molecule has 0 spiro atoms. The van der Waals surface area contributed by atoms with Crippen molar-refractivity contribution in [3.8, 4) is 0 Å². The Morgan fingerprint density at radius 2 is 1.68 bits per heavy atom. The van der Waals surface area contributed by atoms with Crippen molar-refractivity contribution in [3.63, 3.8) is 0 Å². The number of nitrogens with one attached hydrogen (secondary N) is 1. The van der Waals surface area contributed by atoms with Crippen molar-refractivity contribution in [2.45, 2.75) is 90.8 Å². The third kappa shape index (κ3) is 7.14. The van der Waals surface area contributed by atoms with Gasteiger partial charge in [-0.25, -0.2) is 4.79 Å². The zero-order valence-corrected chi connectivity index (χ0v) is 16.4. The molecule has 0 aromatic carbocycles. The summed E-state index contributed by atoms with van der Waals surface area (Å²) in [5.41, 5.74) is -0.501. The van der Waals surface area contributed by atoms with Crippen LogP contribution in [-0.4, -0.2) is 53.3 Å². The molecular formula is C19H34N2O4. The maximum Gasteiger partial charge on any atom is 0.410 e. The number of rotatable bonds is 4. The normalized spacial score (nSPS) is 23.0. The molecule has 0 saturated carbocycles. The van der Waals surface area contributed by atoms with Gasteiger partial charge in [0.05, 0.1) is 12.1 Å². The van der Waals surface area contributed by atoms with Gasteiger partial charge in [0, 0.05) is 19.4 Å². The smallest absolute Gasteiger partial charge is 0.410 e. The van der Waals surface area contributed by atoms with Gasteiger partial charge >= 0.3 is 6.09 Å².